The van der Waals surface area contributed by atoms with Gasteiger partial charge in [-0.05, 0) is 36.5 Å². The highest BCUT2D eigenvalue weighted by molar-refractivity contribution is 6.30. The van der Waals surface area contributed by atoms with E-state index in [2.05, 4.69) is 24.8 Å². The number of anilines is 1. The Morgan fingerprint density at radius 2 is 2.24 bits per heavy atom. The molecule has 2 N–H and O–H groups in total. The number of nitrogens with zero attached hydrogens (tertiary/aromatic N) is 1. The fraction of sp³-hybridized carbons (Fsp3) is 0.571. The van der Waals surface area contributed by atoms with Crippen molar-refractivity contribution in [3.05, 3.63) is 28.8 Å². The summed E-state index contributed by atoms with van der Waals surface area (Å²) in [6.45, 7) is 6.27. The zero-order chi connectivity index (χ0) is 12.4. The van der Waals surface area contributed by atoms with Gasteiger partial charge in [-0.2, -0.15) is 0 Å². The first-order valence-corrected chi connectivity index (χ1v) is 6.76. The molecule has 1 aromatic carbocycles. The second-order valence-corrected chi connectivity index (χ2v) is 5.56. The van der Waals surface area contributed by atoms with Crippen LogP contribution in [0.5, 0.6) is 0 Å². The summed E-state index contributed by atoms with van der Waals surface area (Å²) in [5.41, 5.74) is 8.25. The average Bonchev–Trinajstić information content (AvgIpc) is 2.77. The molecule has 94 valence electrons. The van der Waals surface area contributed by atoms with Gasteiger partial charge >= 0.3 is 0 Å². The highest BCUT2D eigenvalue weighted by Gasteiger charge is 2.28. The monoisotopic (exact) mass is 252 g/mol. The van der Waals surface area contributed by atoms with Gasteiger partial charge in [0.05, 0.1) is 0 Å². The Balaban J connectivity index is 2.35. The molecule has 17 heavy (non-hydrogen) atoms. The molecule has 1 aliphatic rings. The Morgan fingerprint density at radius 1 is 1.47 bits per heavy atom. The van der Waals surface area contributed by atoms with E-state index in [0.29, 0.717) is 18.5 Å². The molecule has 1 fully saturated rings. The van der Waals surface area contributed by atoms with Gasteiger partial charge in [0.25, 0.3) is 0 Å². The summed E-state index contributed by atoms with van der Waals surface area (Å²) in [5.74, 6) is 0.669. The highest BCUT2D eigenvalue weighted by Crippen LogP contribution is 2.33. The lowest BCUT2D eigenvalue weighted by Crippen LogP contribution is -2.34. The van der Waals surface area contributed by atoms with Crippen LogP contribution in [-0.2, 0) is 6.54 Å². The van der Waals surface area contributed by atoms with Gasteiger partial charge in [-0.15, -0.1) is 0 Å². The zero-order valence-corrected chi connectivity index (χ0v) is 11.4. The number of benzene rings is 1. The number of rotatable bonds is 3. The van der Waals surface area contributed by atoms with Gasteiger partial charge in [0, 0.05) is 29.8 Å². The smallest absolute Gasteiger partial charge is 0.0429 e. The quantitative estimate of drug-likeness (QED) is 0.893. The number of hydrogen-bond donors (Lipinski definition) is 1. The van der Waals surface area contributed by atoms with Crippen LogP contribution in [0.15, 0.2) is 18.2 Å². The van der Waals surface area contributed by atoms with E-state index in [-0.39, 0.29) is 0 Å². The Kier molecular flexibility index (Phi) is 3.95. The number of hydrogen-bond acceptors (Lipinski definition) is 2. The van der Waals surface area contributed by atoms with Crippen molar-refractivity contribution in [2.75, 3.05) is 11.4 Å². The second-order valence-electron chi connectivity index (χ2n) is 5.12. The van der Waals surface area contributed by atoms with E-state index in [0.717, 1.165) is 11.6 Å². The van der Waals surface area contributed by atoms with Crippen molar-refractivity contribution >= 4 is 17.3 Å². The molecule has 0 aliphatic carbocycles. The first kappa shape index (κ1) is 12.7. The molecule has 1 aromatic rings. The van der Waals surface area contributed by atoms with Gasteiger partial charge in [-0.3, -0.25) is 0 Å². The van der Waals surface area contributed by atoms with Crippen LogP contribution in [0.2, 0.25) is 5.02 Å². The lowest BCUT2D eigenvalue weighted by atomic mass is 10.0. The van der Waals surface area contributed by atoms with E-state index in [1.54, 1.807) is 0 Å². The molecule has 2 nitrogen and oxygen atoms in total. The van der Waals surface area contributed by atoms with Crippen LogP contribution in [0.25, 0.3) is 0 Å². The highest BCUT2D eigenvalue weighted by atomic mass is 35.5. The molecular weight excluding hydrogens is 232 g/mol. The molecule has 0 saturated carbocycles. The predicted molar refractivity (Wildman–Crippen MR) is 74.5 cm³/mol. The van der Waals surface area contributed by atoms with Crippen LogP contribution >= 0.6 is 11.6 Å². The molecule has 0 radical (unpaired) electrons. The summed E-state index contributed by atoms with van der Waals surface area (Å²) in [6, 6.07) is 6.66. The van der Waals surface area contributed by atoms with Crippen LogP contribution in [0.4, 0.5) is 5.69 Å². The summed E-state index contributed by atoms with van der Waals surface area (Å²) in [6.07, 6.45) is 2.54. The third-order valence-corrected chi connectivity index (χ3v) is 3.88. The minimum Gasteiger partial charge on any atom is -0.368 e. The number of nitrogens with two attached hydrogens (primary N) is 1. The molecule has 1 heterocycles. The van der Waals surface area contributed by atoms with Crippen molar-refractivity contribution in [2.24, 2.45) is 11.7 Å². The Hall–Kier alpha value is -0.730. The fourth-order valence-electron chi connectivity index (χ4n) is 2.76. The van der Waals surface area contributed by atoms with Crippen molar-refractivity contribution in [3.8, 4) is 0 Å². The topological polar surface area (TPSA) is 29.3 Å². The lowest BCUT2D eigenvalue weighted by molar-refractivity contribution is 0.491. The molecule has 0 amide bonds. The normalized spacial score (nSPS) is 20.3. The molecular formula is C14H21ClN2. The van der Waals surface area contributed by atoms with Gasteiger partial charge < -0.3 is 10.6 Å². The van der Waals surface area contributed by atoms with Crippen molar-refractivity contribution in [1.29, 1.82) is 0 Å². The van der Waals surface area contributed by atoms with Crippen molar-refractivity contribution in [3.63, 3.8) is 0 Å². The molecule has 0 aromatic heterocycles. The van der Waals surface area contributed by atoms with E-state index < -0.39 is 0 Å². The molecule has 1 unspecified atom stereocenters. The molecule has 2 rings (SSSR count). The third-order valence-electron chi connectivity index (χ3n) is 3.65. The average molecular weight is 253 g/mol. The summed E-state index contributed by atoms with van der Waals surface area (Å²) < 4.78 is 0. The van der Waals surface area contributed by atoms with Crippen molar-refractivity contribution in [1.82, 2.24) is 0 Å². The summed E-state index contributed by atoms with van der Waals surface area (Å²) >= 11 is 6.11. The van der Waals surface area contributed by atoms with Crippen molar-refractivity contribution < 1.29 is 0 Å². The van der Waals surface area contributed by atoms with Gasteiger partial charge in [0.2, 0.25) is 0 Å². The van der Waals surface area contributed by atoms with E-state index >= 15 is 0 Å². The standard InChI is InChI=1S/C14H21ClN2/c1-10(2)13-4-3-7-17(13)14-8-12(15)6-5-11(14)9-16/h5-6,8,10,13H,3-4,7,9,16H2,1-2H3. The van der Waals surface area contributed by atoms with Gasteiger partial charge in [0.15, 0.2) is 0 Å². The minimum absolute atomic E-state index is 0.577. The van der Waals surface area contributed by atoms with Crippen LogP contribution < -0.4 is 10.6 Å². The molecule has 0 bridgehead atoms. The number of halogens is 1. The maximum atomic E-state index is 6.11. The van der Waals surface area contributed by atoms with Crippen LogP contribution in [-0.4, -0.2) is 12.6 Å². The maximum absolute atomic E-state index is 6.11. The van der Waals surface area contributed by atoms with Crippen LogP contribution in [0, 0.1) is 5.92 Å². The van der Waals surface area contributed by atoms with Crippen LogP contribution in [0.3, 0.4) is 0 Å². The van der Waals surface area contributed by atoms with E-state index in [1.165, 1.54) is 24.1 Å². The molecule has 1 saturated heterocycles. The van der Waals surface area contributed by atoms with Crippen molar-refractivity contribution in [2.45, 2.75) is 39.3 Å². The summed E-state index contributed by atoms with van der Waals surface area (Å²) in [5, 5.41) is 0.798. The largest absolute Gasteiger partial charge is 0.368 e. The zero-order valence-electron chi connectivity index (χ0n) is 10.6. The fourth-order valence-corrected chi connectivity index (χ4v) is 2.93. The van der Waals surface area contributed by atoms with Crippen LogP contribution in [0.1, 0.15) is 32.3 Å². The van der Waals surface area contributed by atoms with E-state index in [9.17, 15) is 0 Å². The first-order chi connectivity index (χ1) is 8.13. The second kappa shape index (κ2) is 5.28. The van der Waals surface area contributed by atoms with E-state index in [4.69, 9.17) is 17.3 Å². The van der Waals surface area contributed by atoms with Gasteiger partial charge in [-0.1, -0.05) is 31.5 Å². The SMILES string of the molecule is CC(C)C1CCCN1c1cc(Cl)ccc1CN. The molecule has 3 heteroatoms. The Morgan fingerprint density at radius 3 is 2.88 bits per heavy atom. The first-order valence-electron chi connectivity index (χ1n) is 6.38. The molecule has 0 spiro atoms. The lowest BCUT2D eigenvalue weighted by Gasteiger charge is -2.31. The Labute approximate surface area is 109 Å². The molecule has 1 atom stereocenters. The summed E-state index contributed by atoms with van der Waals surface area (Å²) in [4.78, 5) is 2.48. The summed E-state index contributed by atoms with van der Waals surface area (Å²) in [7, 11) is 0. The Bertz CT molecular complexity index is 390. The molecule has 1 aliphatic heterocycles. The minimum atomic E-state index is 0.577. The third kappa shape index (κ3) is 2.58. The van der Waals surface area contributed by atoms with E-state index in [1.807, 2.05) is 12.1 Å². The van der Waals surface area contributed by atoms with Gasteiger partial charge in [-0.25, -0.2) is 0 Å². The predicted octanol–water partition coefficient (Wildman–Crippen LogP) is 3.42. The maximum Gasteiger partial charge on any atom is 0.0429 e. The van der Waals surface area contributed by atoms with Gasteiger partial charge in [0.1, 0.15) is 0 Å².